The topological polar surface area (TPSA) is 26.5 Å². The monoisotopic (exact) mass is 316 g/mol. The van der Waals surface area contributed by atoms with Gasteiger partial charge in [-0.3, -0.25) is 4.40 Å². The van der Waals surface area contributed by atoms with Gasteiger partial charge in [-0.2, -0.15) is 13.2 Å². The number of halogens is 3. The van der Waals surface area contributed by atoms with Gasteiger partial charge in [0, 0.05) is 11.3 Å². The molecule has 0 unspecified atom stereocenters. The van der Waals surface area contributed by atoms with Gasteiger partial charge in [-0.25, -0.2) is 4.98 Å². The normalized spacial score (nSPS) is 17.3. The van der Waals surface area contributed by atoms with E-state index in [1.54, 1.807) is 0 Å². The molecule has 0 spiro atoms. The molecule has 3 rings (SSSR count). The van der Waals surface area contributed by atoms with Crippen molar-refractivity contribution in [3.63, 3.8) is 0 Å². The Balaban J connectivity index is 1.84. The van der Waals surface area contributed by atoms with Crippen molar-refractivity contribution in [2.24, 2.45) is 0 Å². The lowest BCUT2D eigenvalue weighted by Crippen LogP contribution is -2.11. The van der Waals surface area contributed by atoms with Crippen molar-refractivity contribution >= 4 is 17.6 Å². The van der Waals surface area contributed by atoms with E-state index >= 15 is 0 Å². The molecule has 2 aromatic rings. The minimum Gasteiger partial charge on any atom is -0.407 e. The standard InChI is InChI=1S/C14H15F3N2OS/c15-14(16,17)10-6-11-8-18-9-19(11)13(7-10)20-21-12-4-2-1-3-5-12/h6-9,12H,1-5H2. The van der Waals surface area contributed by atoms with Crippen molar-refractivity contribution in [2.75, 3.05) is 0 Å². The zero-order valence-electron chi connectivity index (χ0n) is 11.3. The number of nitrogens with zero attached hydrogens (tertiary/aromatic N) is 2. The van der Waals surface area contributed by atoms with Gasteiger partial charge in [-0.1, -0.05) is 19.3 Å². The molecule has 0 bridgehead atoms. The fraction of sp³-hybridized carbons (Fsp3) is 0.500. The lowest BCUT2D eigenvalue weighted by molar-refractivity contribution is -0.137. The van der Waals surface area contributed by atoms with Crippen molar-refractivity contribution < 1.29 is 17.4 Å². The van der Waals surface area contributed by atoms with Gasteiger partial charge in [0.05, 0.1) is 29.3 Å². The van der Waals surface area contributed by atoms with Crippen LogP contribution in [0.1, 0.15) is 37.7 Å². The maximum Gasteiger partial charge on any atom is 0.416 e. The van der Waals surface area contributed by atoms with Crippen molar-refractivity contribution in [1.82, 2.24) is 9.38 Å². The van der Waals surface area contributed by atoms with Crippen LogP contribution in [0.5, 0.6) is 5.88 Å². The van der Waals surface area contributed by atoms with E-state index < -0.39 is 11.7 Å². The highest BCUT2D eigenvalue weighted by Crippen LogP contribution is 2.35. The fourth-order valence-corrected chi connectivity index (χ4v) is 3.40. The van der Waals surface area contributed by atoms with Crippen LogP contribution in [0.25, 0.3) is 5.52 Å². The molecule has 0 N–H and O–H groups in total. The molecule has 1 aliphatic rings. The molecule has 114 valence electrons. The molecular weight excluding hydrogens is 301 g/mol. The summed E-state index contributed by atoms with van der Waals surface area (Å²) in [5.74, 6) is 0.174. The van der Waals surface area contributed by atoms with Crippen LogP contribution in [0, 0.1) is 0 Å². The number of pyridine rings is 1. The Morgan fingerprint density at radius 2 is 1.95 bits per heavy atom. The first-order chi connectivity index (χ1) is 10.0. The molecular formula is C14H15F3N2OS. The largest absolute Gasteiger partial charge is 0.416 e. The second-order valence-corrected chi connectivity index (χ2v) is 6.23. The molecule has 3 nitrogen and oxygen atoms in total. The SMILES string of the molecule is FC(F)(F)c1cc(OSC2CCCCC2)n2cncc2c1. The summed E-state index contributed by atoms with van der Waals surface area (Å²) < 4.78 is 45.8. The van der Waals surface area contributed by atoms with Gasteiger partial charge < -0.3 is 4.18 Å². The van der Waals surface area contributed by atoms with Crippen LogP contribution < -0.4 is 4.18 Å². The quantitative estimate of drug-likeness (QED) is 0.767. The van der Waals surface area contributed by atoms with Gasteiger partial charge in [0.1, 0.15) is 6.33 Å². The second-order valence-electron chi connectivity index (χ2n) is 5.21. The van der Waals surface area contributed by atoms with Crippen LogP contribution in [0.3, 0.4) is 0 Å². The Kier molecular flexibility index (Phi) is 4.01. The first-order valence-corrected chi connectivity index (χ1v) is 7.71. The first kappa shape index (κ1) is 14.6. The maximum absolute atomic E-state index is 12.9. The summed E-state index contributed by atoms with van der Waals surface area (Å²) >= 11 is 1.27. The van der Waals surface area contributed by atoms with Crippen molar-refractivity contribution in [2.45, 2.75) is 43.5 Å². The van der Waals surface area contributed by atoms with Crippen molar-refractivity contribution in [3.8, 4) is 5.88 Å². The molecule has 7 heteroatoms. The third-order valence-electron chi connectivity index (χ3n) is 3.64. The van der Waals surface area contributed by atoms with E-state index in [1.807, 2.05) is 0 Å². The van der Waals surface area contributed by atoms with Crippen LogP contribution in [-0.4, -0.2) is 14.6 Å². The van der Waals surface area contributed by atoms with Gasteiger partial charge in [-0.15, -0.1) is 0 Å². The zero-order chi connectivity index (χ0) is 14.9. The lowest BCUT2D eigenvalue weighted by atomic mass is 10.0. The molecule has 2 heterocycles. The van der Waals surface area contributed by atoms with Crippen LogP contribution in [0.15, 0.2) is 24.7 Å². The number of fused-ring (bicyclic) bond motifs is 1. The summed E-state index contributed by atoms with van der Waals surface area (Å²) in [6, 6.07) is 2.11. The molecule has 2 aromatic heterocycles. The molecule has 0 radical (unpaired) electrons. The van der Waals surface area contributed by atoms with E-state index in [-0.39, 0.29) is 5.88 Å². The summed E-state index contributed by atoms with van der Waals surface area (Å²) in [6.07, 6.45) is 4.12. The Labute approximate surface area is 124 Å². The molecule has 0 aliphatic heterocycles. The average molecular weight is 316 g/mol. The highest BCUT2D eigenvalue weighted by Gasteiger charge is 2.32. The smallest absolute Gasteiger partial charge is 0.407 e. The summed E-state index contributed by atoms with van der Waals surface area (Å²) in [5, 5.41) is 0.354. The average Bonchev–Trinajstić information content (AvgIpc) is 2.93. The summed E-state index contributed by atoms with van der Waals surface area (Å²) in [5.41, 5.74) is -0.334. The van der Waals surface area contributed by atoms with Crippen LogP contribution in [0.4, 0.5) is 13.2 Å². The van der Waals surface area contributed by atoms with Crippen LogP contribution >= 0.6 is 12.0 Å². The highest BCUT2D eigenvalue weighted by molar-refractivity contribution is 7.95. The molecule has 21 heavy (non-hydrogen) atoms. The maximum atomic E-state index is 12.9. The van der Waals surface area contributed by atoms with E-state index in [4.69, 9.17) is 4.18 Å². The van der Waals surface area contributed by atoms with E-state index in [2.05, 4.69) is 4.98 Å². The number of rotatable bonds is 3. The molecule has 0 amide bonds. The van der Waals surface area contributed by atoms with E-state index in [0.717, 1.165) is 37.8 Å². The molecule has 0 aromatic carbocycles. The minimum absolute atomic E-state index is 0.174. The van der Waals surface area contributed by atoms with E-state index in [9.17, 15) is 13.2 Å². The van der Waals surface area contributed by atoms with E-state index in [0.29, 0.717) is 10.8 Å². The van der Waals surface area contributed by atoms with Gasteiger partial charge in [0.25, 0.3) is 0 Å². The number of aromatic nitrogens is 2. The Bertz CT molecular complexity index is 620. The van der Waals surface area contributed by atoms with Crippen molar-refractivity contribution in [1.29, 1.82) is 0 Å². The van der Waals surface area contributed by atoms with Crippen molar-refractivity contribution in [3.05, 3.63) is 30.2 Å². The Morgan fingerprint density at radius 1 is 1.19 bits per heavy atom. The lowest BCUT2D eigenvalue weighted by Gasteiger charge is -2.20. The highest BCUT2D eigenvalue weighted by atomic mass is 32.2. The molecule has 0 saturated heterocycles. The molecule has 1 fully saturated rings. The Hall–Kier alpha value is -1.37. The van der Waals surface area contributed by atoms with Gasteiger partial charge >= 0.3 is 6.18 Å². The van der Waals surface area contributed by atoms with Crippen LogP contribution in [-0.2, 0) is 6.18 Å². The predicted octanol–water partition coefficient (Wildman–Crippen LogP) is 4.71. The zero-order valence-corrected chi connectivity index (χ0v) is 12.1. The number of alkyl halides is 3. The number of hydrogen-bond donors (Lipinski definition) is 0. The second kappa shape index (κ2) is 5.79. The predicted molar refractivity (Wildman–Crippen MR) is 75.3 cm³/mol. The van der Waals surface area contributed by atoms with E-state index in [1.165, 1.54) is 35.4 Å². The molecule has 1 aliphatic carbocycles. The fourth-order valence-electron chi connectivity index (χ4n) is 2.51. The third-order valence-corrected chi connectivity index (χ3v) is 4.65. The molecule has 0 atom stereocenters. The Morgan fingerprint density at radius 3 is 2.67 bits per heavy atom. The summed E-state index contributed by atoms with van der Waals surface area (Å²) in [7, 11) is 0. The third kappa shape index (κ3) is 3.28. The summed E-state index contributed by atoms with van der Waals surface area (Å²) in [6.45, 7) is 0. The number of hydrogen-bond acceptors (Lipinski definition) is 3. The summed E-state index contributed by atoms with van der Waals surface area (Å²) in [4.78, 5) is 3.89. The minimum atomic E-state index is -4.39. The first-order valence-electron chi connectivity index (χ1n) is 6.91. The molecule has 1 saturated carbocycles. The van der Waals surface area contributed by atoms with Gasteiger partial charge in [0.2, 0.25) is 5.88 Å². The van der Waals surface area contributed by atoms with Gasteiger partial charge in [0.15, 0.2) is 0 Å². The van der Waals surface area contributed by atoms with Gasteiger partial charge in [-0.05, 0) is 18.9 Å². The number of imidazole rings is 1. The van der Waals surface area contributed by atoms with Crippen LogP contribution in [0.2, 0.25) is 0 Å².